The molecule has 0 aliphatic carbocycles. The first-order chi connectivity index (χ1) is 27.1. The third-order valence-electron chi connectivity index (χ3n) is 8.80. The maximum Gasteiger partial charge on any atom is 0.415 e. The van der Waals surface area contributed by atoms with Gasteiger partial charge in [-0.2, -0.15) is 13.2 Å². The summed E-state index contributed by atoms with van der Waals surface area (Å²) in [5, 5.41) is 3.77. The van der Waals surface area contributed by atoms with Crippen LogP contribution >= 0.6 is 11.3 Å². The van der Waals surface area contributed by atoms with Gasteiger partial charge in [-0.3, -0.25) is 16.3 Å². The molecule has 0 amide bonds. The number of hydrogen-bond donors (Lipinski definition) is 0. The average Bonchev–Trinajstić information content (AvgIpc) is 3.82. The molecule has 0 saturated carbocycles. The average molecular weight is 909 g/mol. The fraction of sp³-hybridized carbons (Fsp3) is 0.0435. The van der Waals surface area contributed by atoms with E-state index in [2.05, 4.69) is 57.4 Å². The third kappa shape index (κ3) is 7.42. The predicted octanol–water partition coefficient (Wildman–Crippen LogP) is 12.9. The van der Waals surface area contributed by atoms with Gasteiger partial charge in [0.25, 0.3) is 0 Å². The Balaban J connectivity index is 0.000000246. The molecule has 3 nitrogen and oxygen atoms in total. The van der Waals surface area contributed by atoms with Gasteiger partial charge in [0.15, 0.2) is 0 Å². The molecule has 0 atom stereocenters. The predicted molar refractivity (Wildman–Crippen MR) is 210 cm³/mol. The normalized spacial score (nSPS) is 12.2. The Morgan fingerprint density at radius 2 is 1.41 bits per heavy atom. The standard InChI is InChI=1S/C34H20F3N2S.C12H10N.Ir/c35-34(36,37)24-18-19-31-27(20-24)28(21-40-31)33-38-29-16-7-8-17-30(29)39(33)32-25(22-10-3-1-4-11-22)14-9-15-26(32)23-12-5-2-6-13-23;1-10-7-8-12(13-9-10)11-5-3-2-4-6-11;/h1-20H;2-5,7-9H,1H3;/q2*-1;/i;1D3;. The summed E-state index contributed by atoms with van der Waals surface area (Å²) in [6.07, 6.45) is -3.06. The Morgan fingerprint density at radius 3 is 2.04 bits per heavy atom. The van der Waals surface area contributed by atoms with Gasteiger partial charge in [-0.25, -0.2) is 0 Å². The molecule has 0 bridgehead atoms. The SMILES string of the molecule is FC(F)(F)c1ccc2s[c-]c(-c3nc4ccccc4n3-c3c(-c4ccccc4)cccc3-c3ccccc3)c2c1.[2H]C([2H])([2H])c1ccc(-c2[c-]cccc2)nc1.[Ir]. The number of rotatable bonds is 5. The molecule has 9 rings (SSSR count). The van der Waals surface area contributed by atoms with Gasteiger partial charge in [0, 0.05) is 47.1 Å². The van der Waals surface area contributed by atoms with E-state index in [9.17, 15) is 13.2 Å². The van der Waals surface area contributed by atoms with E-state index in [0.717, 1.165) is 61.0 Å². The quantitative estimate of drug-likeness (QED) is 0.161. The molecule has 6 aromatic carbocycles. The minimum absolute atomic E-state index is 0. The van der Waals surface area contributed by atoms with E-state index in [0.29, 0.717) is 16.8 Å². The molecule has 0 N–H and O–H groups in total. The third-order valence-corrected chi connectivity index (χ3v) is 9.68. The maximum absolute atomic E-state index is 13.7. The molecule has 8 heteroatoms. The minimum Gasteiger partial charge on any atom is -0.332 e. The summed E-state index contributed by atoms with van der Waals surface area (Å²) in [5.74, 6) is 0.548. The van der Waals surface area contributed by atoms with Crippen LogP contribution in [0.1, 0.15) is 15.2 Å². The van der Waals surface area contributed by atoms with E-state index in [1.807, 2.05) is 84.9 Å². The molecule has 0 unspecified atom stereocenters. The van der Waals surface area contributed by atoms with Crippen LogP contribution in [-0.2, 0) is 26.3 Å². The van der Waals surface area contributed by atoms with Crippen molar-refractivity contribution in [1.29, 1.82) is 0 Å². The summed E-state index contributed by atoms with van der Waals surface area (Å²) < 4.78 is 65.7. The summed E-state index contributed by atoms with van der Waals surface area (Å²) in [6.45, 7) is -2.09. The number of pyridine rings is 1. The first kappa shape index (κ1) is 32.9. The van der Waals surface area contributed by atoms with Crippen LogP contribution in [0.15, 0.2) is 164 Å². The van der Waals surface area contributed by atoms with Crippen molar-refractivity contribution in [2.75, 3.05) is 0 Å². The molecule has 9 aromatic rings. The summed E-state index contributed by atoms with van der Waals surface area (Å²) in [7, 11) is 0. The van der Waals surface area contributed by atoms with Crippen LogP contribution in [-0.4, -0.2) is 14.5 Å². The number of nitrogens with zero attached hydrogens (tertiary/aromatic N) is 3. The molecule has 3 heterocycles. The van der Waals surface area contributed by atoms with Crippen LogP contribution in [0, 0.1) is 18.3 Å². The van der Waals surface area contributed by atoms with Crippen molar-refractivity contribution in [3.8, 4) is 50.6 Å². The van der Waals surface area contributed by atoms with E-state index in [4.69, 9.17) is 9.10 Å². The monoisotopic (exact) mass is 909 g/mol. The number of thiophene rings is 1. The van der Waals surface area contributed by atoms with Gasteiger partial charge >= 0.3 is 6.18 Å². The molecular weight excluding hydrogens is 876 g/mol. The van der Waals surface area contributed by atoms with Crippen LogP contribution in [0.5, 0.6) is 0 Å². The number of imidazole rings is 1. The smallest absolute Gasteiger partial charge is 0.332 e. The number of fused-ring (bicyclic) bond motifs is 2. The van der Waals surface area contributed by atoms with Gasteiger partial charge < -0.3 is 9.55 Å². The van der Waals surface area contributed by atoms with Gasteiger partial charge in [-0.05, 0) is 41.4 Å². The van der Waals surface area contributed by atoms with Crippen molar-refractivity contribution in [3.63, 3.8) is 0 Å². The van der Waals surface area contributed by atoms with Crippen LogP contribution in [0.3, 0.4) is 0 Å². The van der Waals surface area contributed by atoms with Gasteiger partial charge in [0.05, 0.1) is 22.5 Å². The summed E-state index contributed by atoms with van der Waals surface area (Å²) >= 11 is 1.30. The van der Waals surface area contributed by atoms with Crippen molar-refractivity contribution in [3.05, 3.63) is 186 Å². The summed E-state index contributed by atoms with van der Waals surface area (Å²) in [5.41, 5.74) is 8.24. The van der Waals surface area contributed by atoms with Gasteiger partial charge in [-0.15, -0.1) is 41.3 Å². The van der Waals surface area contributed by atoms with Crippen LogP contribution < -0.4 is 0 Å². The van der Waals surface area contributed by atoms with Crippen LogP contribution in [0.2, 0.25) is 0 Å². The second-order valence-corrected chi connectivity index (χ2v) is 13.0. The second kappa shape index (κ2) is 15.7. The summed E-state index contributed by atoms with van der Waals surface area (Å²) in [4.78, 5) is 9.12. The fourth-order valence-corrected chi connectivity index (χ4v) is 7.15. The number of alkyl halides is 3. The number of benzene rings is 6. The topological polar surface area (TPSA) is 30.7 Å². The number of hydrogen-bond acceptors (Lipinski definition) is 3. The van der Waals surface area contributed by atoms with Gasteiger partial charge in [-0.1, -0.05) is 137 Å². The van der Waals surface area contributed by atoms with E-state index in [1.54, 1.807) is 18.2 Å². The zero-order chi connectivity index (χ0) is 38.9. The Hall–Kier alpha value is -5.66. The Labute approximate surface area is 333 Å². The van der Waals surface area contributed by atoms with E-state index in [1.165, 1.54) is 29.7 Å². The van der Waals surface area contributed by atoms with Crippen molar-refractivity contribution in [2.45, 2.75) is 13.0 Å². The molecule has 0 aliphatic heterocycles. The van der Waals surface area contributed by atoms with E-state index in [-0.39, 0.29) is 25.7 Å². The molecule has 0 fully saturated rings. The molecule has 54 heavy (non-hydrogen) atoms. The number of para-hydroxylation sites is 3. The number of halogens is 3. The summed E-state index contributed by atoms with van der Waals surface area (Å²) in [6, 6.07) is 51.8. The Kier molecular flexibility index (Phi) is 9.61. The Bertz CT molecular complexity index is 2710. The molecule has 0 aliphatic rings. The zero-order valence-electron chi connectivity index (χ0n) is 31.3. The van der Waals surface area contributed by atoms with Gasteiger partial charge in [0.2, 0.25) is 0 Å². The van der Waals surface area contributed by atoms with Crippen LogP contribution in [0.25, 0.3) is 71.7 Å². The minimum atomic E-state index is -4.45. The number of aromatic nitrogens is 3. The first-order valence-electron chi connectivity index (χ1n) is 18.2. The first-order valence-corrected chi connectivity index (χ1v) is 17.5. The largest absolute Gasteiger partial charge is 0.415 e. The van der Waals surface area contributed by atoms with Crippen molar-refractivity contribution >= 4 is 32.5 Å². The van der Waals surface area contributed by atoms with E-state index >= 15 is 0 Å². The van der Waals surface area contributed by atoms with Crippen molar-refractivity contribution in [2.24, 2.45) is 0 Å². The number of aryl methyl sites for hydroxylation is 1. The van der Waals surface area contributed by atoms with Crippen molar-refractivity contribution < 1.29 is 37.4 Å². The fourth-order valence-electron chi connectivity index (χ4n) is 6.33. The molecule has 267 valence electrons. The molecule has 0 saturated heterocycles. The zero-order valence-corrected chi connectivity index (χ0v) is 31.5. The van der Waals surface area contributed by atoms with Crippen molar-refractivity contribution in [1.82, 2.24) is 14.5 Å². The molecule has 3 aromatic heterocycles. The molecule has 0 spiro atoms. The van der Waals surface area contributed by atoms with E-state index < -0.39 is 18.6 Å². The molecular formula is C46H30F3IrN3S-2. The Morgan fingerprint density at radius 1 is 0.722 bits per heavy atom. The maximum atomic E-state index is 13.7. The molecule has 1 radical (unpaired) electrons. The van der Waals surface area contributed by atoms with Gasteiger partial charge in [0.1, 0.15) is 0 Å². The second-order valence-electron chi connectivity index (χ2n) is 12.2. The van der Waals surface area contributed by atoms with Crippen LogP contribution in [0.4, 0.5) is 13.2 Å².